The van der Waals surface area contributed by atoms with Gasteiger partial charge in [0.2, 0.25) is 5.91 Å². The summed E-state index contributed by atoms with van der Waals surface area (Å²) in [7, 11) is 2.95. The molecular weight excluding hydrogens is 318 g/mol. The number of benzene rings is 2. The molecule has 1 N–H and O–H groups in total. The Balaban J connectivity index is 1.88. The minimum absolute atomic E-state index is 0.0785. The van der Waals surface area contributed by atoms with Gasteiger partial charge in [0.05, 0.1) is 25.2 Å². The molecule has 5 heteroatoms. The van der Waals surface area contributed by atoms with Crippen molar-refractivity contribution in [2.45, 2.75) is 24.7 Å². The Labute approximate surface area is 147 Å². The first-order valence-electron chi connectivity index (χ1n) is 8.24. The van der Waals surface area contributed by atoms with E-state index in [1.54, 1.807) is 31.4 Å². The van der Waals surface area contributed by atoms with Crippen LogP contribution in [0.4, 0.5) is 5.69 Å². The van der Waals surface area contributed by atoms with Crippen LogP contribution in [-0.2, 0) is 14.9 Å². The summed E-state index contributed by atoms with van der Waals surface area (Å²) in [5, 5.41) is 2.95. The van der Waals surface area contributed by atoms with Crippen molar-refractivity contribution in [3.8, 4) is 5.75 Å². The van der Waals surface area contributed by atoms with Gasteiger partial charge in [0.25, 0.3) is 0 Å². The molecule has 1 amide bonds. The molecule has 0 aliphatic heterocycles. The second-order valence-corrected chi connectivity index (χ2v) is 6.16. The van der Waals surface area contributed by atoms with Gasteiger partial charge in [0, 0.05) is 11.3 Å². The van der Waals surface area contributed by atoms with Crippen LogP contribution in [0.15, 0.2) is 48.5 Å². The first-order chi connectivity index (χ1) is 12.1. The van der Waals surface area contributed by atoms with Crippen molar-refractivity contribution in [3.63, 3.8) is 0 Å². The van der Waals surface area contributed by atoms with E-state index < -0.39 is 11.4 Å². The van der Waals surface area contributed by atoms with E-state index in [9.17, 15) is 9.59 Å². The molecule has 0 radical (unpaired) electrons. The zero-order valence-corrected chi connectivity index (χ0v) is 14.4. The molecule has 1 aliphatic rings. The second kappa shape index (κ2) is 6.97. The molecule has 0 aromatic heterocycles. The predicted molar refractivity (Wildman–Crippen MR) is 94.9 cm³/mol. The molecule has 0 unspecified atom stereocenters. The number of para-hydroxylation sites is 1. The van der Waals surface area contributed by atoms with Crippen LogP contribution >= 0.6 is 0 Å². The van der Waals surface area contributed by atoms with Crippen molar-refractivity contribution in [2.75, 3.05) is 19.5 Å². The van der Waals surface area contributed by atoms with E-state index in [4.69, 9.17) is 9.47 Å². The third-order valence-corrected chi connectivity index (χ3v) is 4.81. The summed E-state index contributed by atoms with van der Waals surface area (Å²) in [6, 6.07) is 14.4. The molecule has 0 spiro atoms. The predicted octanol–water partition coefficient (Wildman–Crippen LogP) is 3.54. The van der Waals surface area contributed by atoms with E-state index in [0.29, 0.717) is 11.3 Å². The van der Waals surface area contributed by atoms with Crippen LogP contribution in [0.3, 0.4) is 0 Å². The van der Waals surface area contributed by atoms with Crippen molar-refractivity contribution in [3.05, 3.63) is 59.7 Å². The van der Waals surface area contributed by atoms with Gasteiger partial charge in [-0.2, -0.15) is 0 Å². The number of hydrogen-bond acceptors (Lipinski definition) is 4. The van der Waals surface area contributed by atoms with E-state index in [1.807, 2.05) is 24.3 Å². The Morgan fingerprint density at radius 2 is 1.80 bits per heavy atom. The highest BCUT2D eigenvalue weighted by Crippen LogP contribution is 2.47. The molecule has 1 saturated carbocycles. The molecule has 0 heterocycles. The summed E-state index contributed by atoms with van der Waals surface area (Å²) >= 11 is 0. The van der Waals surface area contributed by atoms with Gasteiger partial charge >= 0.3 is 5.97 Å². The maximum Gasteiger partial charge on any atom is 0.337 e. The van der Waals surface area contributed by atoms with Crippen molar-refractivity contribution < 1.29 is 19.1 Å². The van der Waals surface area contributed by atoms with E-state index in [0.717, 1.165) is 30.6 Å². The normalized spacial score (nSPS) is 15.0. The van der Waals surface area contributed by atoms with Gasteiger partial charge in [0.1, 0.15) is 5.75 Å². The number of esters is 1. The van der Waals surface area contributed by atoms with E-state index >= 15 is 0 Å². The van der Waals surface area contributed by atoms with Gasteiger partial charge < -0.3 is 14.8 Å². The zero-order valence-electron chi connectivity index (χ0n) is 14.4. The number of amides is 1. The number of hydrogen-bond donors (Lipinski definition) is 1. The third kappa shape index (κ3) is 3.09. The fourth-order valence-electron chi connectivity index (χ4n) is 3.28. The summed E-state index contributed by atoms with van der Waals surface area (Å²) < 4.78 is 10.2. The van der Waals surface area contributed by atoms with E-state index in [-0.39, 0.29) is 5.91 Å². The van der Waals surface area contributed by atoms with Gasteiger partial charge in [-0.1, -0.05) is 30.7 Å². The van der Waals surface area contributed by atoms with E-state index in [1.165, 1.54) is 7.11 Å². The van der Waals surface area contributed by atoms with Crippen molar-refractivity contribution in [1.29, 1.82) is 0 Å². The molecule has 25 heavy (non-hydrogen) atoms. The number of rotatable bonds is 5. The molecule has 1 fully saturated rings. The highest BCUT2D eigenvalue weighted by Gasteiger charge is 2.47. The lowest BCUT2D eigenvalue weighted by Crippen LogP contribution is -2.46. The number of carbonyl (C=O) groups excluding carboxylic acids is 2. The van der Waals surface area contributed by atoms with Gasteiger partial charge in [-0.3, -0.25) is 4.79 Å². The summed E-state index contributed by atoms with van der Waals surface area (Å²) in [4.78, 5) is 24.7. The maximum absolute atomic E-state index is 13.1. The lowest BCUT2D eigenvalue weighted by atomic mass is 9.63. The van der Waals surface area contributed by atoms with Crippen molar-refractivity contribution in [2.24, 2.45) is 0 Å². The van der Waals surface area contributed by atoms with Crippen LogP contribution < -0.4 is 10.1 Å². The Kier molecular flexibility index (Phi) is 4.74. The first-order valence-corrected chi connectivity index (χ1v) is 8.24. The van der Waals surface area contributed by atoms with Crippen LogP contribution in [-0.4, -0.2) is 26.1 Å². The number of anilines is 1. The fraction of sp³-hybridized carbons (Fsp3) is 0.300. The monoisotopic (exact) mass is 339 g/mol. The van der Waals surface area contributed by atoms with Gasteiger partial charge in [-0.05, 0) is 37.1 Å². The minimum Gasteiger partial charge on any atom is -0.496 e. The Morgan fingerprint density at radius 1 is 1.04 bits per heavy atom. The number of methoxy groups -OCH3 is 2. The van der Waals surface area contributed by atoms with Gasteiger partial charge in [0.15, 0.2) is 0 Å². The van der Waals surface area contributed by atoms with Crippen molar-refractivity contribution >= 4 is 17.6 Å². The Bertz CT molecular complexity index is 796. The van der Waals surface area contributed by atoms with Crippen LogP contribution in [0, 0.1) is 0 Å². The third-order valence-electron chi connectivity index (χ3n) is 4.81. The molecule has 2 aromatic carbocycles. The van der Waals surface area contributed by atoms with Crippen LogP contribution in [0.2, 0.25) is 0 Å². The first kappa shape index (κ1) is 17.0. The van der Waals surface area contributed by atoms with Crippen LogP contribution in [0.5, 0.6) is 5.75 Å². The molecule has 1 aliphatic carbocycles. The van der Waals surface area contributed by atoms with Gasteiger partial charge in [-0.15, -0.1) is 0 Å². The highest BCUT2D eigenvalue weighted by molar-refractivity contribution is 6.01. The quantitative estimate of drug-likeness (QED) is 0.846. The van der Waals surface area contributed by atoms with E-state index in [2.05, 4.69) is 5.32 Å². The molecule has 2 aromatic rings. The van der Waals surface area contributed by atoms with Crippen LogP contribution in [0.1, 0.15) is 35.2 Å². The lowest BCUT2D eigenvalue weighted by molar-refractivity contribution is -0.124. The minimum atomic E-state index is -0.589. The molecule has 5 nitrogen and oxygen atoms in total. The zero-order chi connectivity index (χ0) is 17.9. The Hall–Kier alpha value is -2.82. The molecule has 130 valence electrons. The smallest absolute Gasteiger partial charge is 0.337 e. The molecule has 3 rings (SSSR count). The van der Waals surface area contributed by atoms with Gasteiger partial charge in [-0.25, -0.2) is 4.79 Å². The fourth-order valence-corrected chi connectivity index (χ4v) is 3.28. The molecule has 0 bridgehead atoms. The molecule has 0 atom stereocenters. The summed E-state index contributed by atoms with van der Waals surface area (Å²) in [5.41, 5.74) is 1.30. The second-order valence-electron chi connectivity index (χ2n) is 6.16. The van der Waals surface area contributed by atoms with Crippen molar-refractivity contribution in [1.82, 2.24) is 0 Å². The largest absolute Gasteiger partial charge is 0.496 e. The highest BCUT2D eigenvalue weighted by atomic mass is 16.5. The SMILES string of the molecule is COC(=O)c1cccc(NC(=O)C2(c3ccccc3OC)CCC2)c1. The average Bonchev–Trinajstić information content (AvgIpc) is 2.60. The average molecular weight is 339 g/mol. The Morgan fingerprint density at radius 3 is 2.44 bits per heavy atom. The maximum atomic E-state index is 13.1. The van der Waals surface area contributed by atoms with Crippen LogP contribution in [0.25, 0.3) is 0 Å². The lowest BCUT2D eigenvalue weighted by Gasteiger charge is -2.41. The summed E-state index contributed by atoms with van der Waals surface area (Å²) in [5.74, 6) is 0.213. The summed E-state index contributed by atoms with van der Waals surface area (Å²) in [6.45, 7) is 0. The molecular formula is C20H21NO4. The number of nitrogens with one attached hydrogen (secondary N) is 1. The molecule has 0 saturated heterocycles. The topological polar surface area (TPSA) is 64.6 Å². The number of carbonyl (C=O) groups is 2. The summed E-state index contributed by atoms with van der Waals surface area (Å²) in [6.07, 6.45) is 2.54. The number of ether oxygens (including phenoxy) is 2. The standard InChI is InChI=1S/C20H21NO4/c1-24-17-10-4-3-9-16(17)20(11-6-12-20)19(23)21-15-8-5-7-14(13-15)18(22)25-2/h3-5,7-10,13H,6,11-12H2,1-2H3,(H,21,23).